The summed E-state index contributed by atoms with van der Waals surface area (Å²) in [7, 11) is 0. The Morgan fingerprint density at radius 1 is 0.900 bits per heavy atom. The van der Waals surface area contributed by atoms with Crippen molar-refractivity contribution in [3.8, 4) is 11.8 Å². The largest absolute Gasteiger partial charge is 0.433 e. The molecule has 6 heteroatoms. The smallest absolute Gasteiger partial charge is 0.366 e. The van der Waals surface area contributed by atoms with E-state index >= 15 is 0 Å². The van der Waals surface area contributed by atoms with E-state index in [1.54, 1.807) is 38.1 Å². The van der Waals surface area contributed by atoms with Crippen LogP contribution in [0.25, 0.3) is 10.8 Å². The summed E-state index contributed by atoms with van der Waals surface area (Å²) in [6.45, 7) is 3.31. The van der Waals surface area contributed by atoms with Gasteiger partial charge >= 0.3 is 6.18 Å². The Morgan fingerprint density at radius 2 is 1.53 bits per heavy atom. The number of ether oxygens (including phenoxy) is 1. The topological polar surface area (TPSA) is 29.5 Å². The standard InChI is InChI=1S/C24H20BrF3O2/c1-22(2,30-16-17-7-11-21(25)12-8-17)13-14-23(29,24(26,27)28)20-10-9-18-5-3-4-6-19(18)15-20/h3-12,15,29H,16H2,1-2H3/t23-/m1/s1. The molecule has 2 nitrogen and oxygen atoms in total. The van der Waals surface area contributed by atoms with Gasteiger partial charge in [-0.15, -0.1) is 0 Å². The van der Waals surface area contributed by atoms with Crippen molar-refractivity contribution >= 4 is 26.7 Å². The number of hydrogen-bond acceptors (Lipinski definition) is 2. The van der Waals surface area contributed by atoms with Crippen molar-refractivity contribution in [3.63, 3.8) is 0 Å². The Bertz CT molecular complexity index is 1100. The summed E-state index contributed by atoms with van der Waals surface area (Å²) in [5.74, 6) is 4.53. The summed E-state index contributed by atoms with van der Waals surface area (Å²) in [5, 5.41) is 12.0. The highest BCUT2D eigenvalue weighted by molar-refractivity contribution is 9.10. The molecule has 0 bridgehead atoms. The molecule has 0 aliphatic heterocycles. The maximum atomic E-state index is 13.9. The fourth-order valence-electron chi connectivity index (χ4n) is 2.84. The van der Waals surface area contributed by atoms with Crippen molar-refractivity contribution in [1.82, 2.24) is 0 Å². The molecule has 0 radical (unpaired) electrons. The van der Waals surface area contributed by atoms with E-state index in [-0.39, 0.29) is 12.2 Å². The minimum atomic E-state index is -4.98. The lowest BCUT2D eigenvalue weighted by molar-refractivity contribution is -0.240. The lowest BCUT2D eigenvalue weighted by atomic mass is 9.91. The van der Waals surface area contributed by atoms with Crippen LogP contribution in [0.4, 0.5) is 13.2 Å². The summed E-state index contributed by atoms with van der Waals surface area (Å²) in [4.78, 5) is 0. The third-order valence-electron chi connectivity index (χ3n) is 4.63. The summed E-state index contributed by atoms with van der Waals surface area (Å²) in [5.41, 5.74) is -3.99. The minimum Gasteiger partial charge on any atom is -0.366 e. The van der Waals surface area contributed by atoms with Crippen molar-refractivity contribution in [2.24, 2.45) is 0 Å². The van der Waals surface area contributed by atoms with E-state index in [1.165, 1.54) is 18.2 Å². The van der Waals surface area contributed by atoms with Crippen LogP contribution in [-0.4, -0.2) is 16.9 Å². The van der Waals surface area contributed by atoms with Gasteiger partial charge in [0, 0.05) is 10.0 Å². The van der Waals surface area contributed by atoms with Crippen LogP contribution in [0.5, 0.6) is 0 Å². The molecule has 3 aromatic rings. The first-order valence-electron chi connectivity index (χ1n) is 9.21. The number of halogens is 4. The summed E-state index contributed by atoms with van der Waals surface area (Å²) in [6.07, 6.45) is -4.98. The van der Waals surface area contributed by atoms with Crippen LogP contribution in [0.3, 0.4) is 0 Å². The van der Waals surface area contributed by atoms with Crippen molar-refractivity contribution in [3.05, 3.63) is 82.3 Å². The van der Waals surface area contributed by atoms with Crippen molar-refractivity contribution in [2.75, 3.05) is 0 Å². The van der Waals surface area contributed by atoms with Gasteiger partial charge in [0.2, 0.25) is 5.60 Å². The lowest BCUT2D eigenvalue weighted by Gasteiger charge is -2.27. The summed E-state index contributed by atoms with van der Waals surface area (Å²) >= 11 is 3.34. The molecular weight excluding hydrogens is 457 g/mol. The number of rotatable bonds is 4. The first-order chi connectivity index (χ1) is 14.0. The molecule has 0 unspecified atom stereocenters. The Labute approximate surface area is 181 Å². The molecule has 0 heterocycles. The minimum absolute atomic E-state index is 0.176. The molecule has 3 aromatic carbocycles. The van der Waals surface area contributed by atoms with Crippen molar-refractivity contribution in [2.45, 2.75) is 37.8 Å². The molecule has 30 heavy (non-hydrogen) atoms. The van der Waals surface area contributed by atoms with E-state index in [2.05, 4.69) is 27.8 Å². The normalized spacial score (nSPS) is 14.1. The fraction of sp³-hybridized carbons (Fsp3) is 0.250. The second-order valence-corrected chi connectivity index (χ2v) is 8.36. The summed E-state index contributed by atoms with van der Waals surface area (Å²) < 4.78 is 48.2. The van der Waals surface area contributed by atoms with Gasteiger partial charge in [0.05, 0.1) is 6.61 Å². The fourth-order valence-corrected chi connectivity index (χ4v) is 3.11. The van der Waals surface area contributed by atoms with Crippen LogP contribution < -0.4 is 0 Å². The molecule has 0 fully saturated rings. The maximum absolute atomic E-state index is 13.9. The van der Waals surface area contributed by atoms with Gasteiger partial charge in [-0.2, -0.15) is 13.2 Å². The predicted octanol–water partition coefficient (Wildman–Crippen LogP) is 6.35. The zero-order chi connectivity index (χ0) is 22.0. The van der Waals surface area contributed by atoms with Crippen LogP contribution in [0, 0.1) is 11.8 Å². The number of fused-ring (bicyclic) bond motifs is 1. The van der Waals surface area contributed by atoms with Gasteiger partial charge in [-0.25, -0.2) is 0 Å². The van der Waals surface area contributed by atoms with Crippen LogP contribution in [0.15, 0.2) is 71.2 Å². The van der Waals surface area contributed by atoms with Crippen LogP contribution >= 0.6 is 15.9 Å². The zero-order valence-corrected chi connectivity index (χ0v) is 18.0. The zero-order valence-electron chi connectivity index (χ0n) is 16.4. The van der Waals surface area contributed by atoms with Gasteiger partial charge in [0.25, 0.3) is 0 Å². The second-order valence-electron chi connectivity index (χ2n) is 7.45. The third kappa shape index (κ3) is 5.04. The predicted molar refractivity (Wildman–Crippen MR) is 115 cm³/mol. The van der Waals surface area contributed by atoms with Gasteiger partial charge in [0.1, 0.15) is 5.60 Å². The van der Waals surface area contributed by atoms with E-state index in [4.69, 9.17) is 4.74 Å². The van der Waals surface area contributed by atoms with Crippen molar-refractivity contribution in [1.29, 1.82) is 0 Å². The second kappa shape index (κ2) is 8.43. The monoisotopic (exact) mass is 476 g/mol. The van der Waals surface area contributed by atoms with Crippen LogP contribution in [0.1, 0.15) is 25.0 Å². The van der Waals surface area contributed by atoms with E-state index < -0.39 is 17.4 Å². The Kier molecular flexibility index (Phi) is 6.28. The SMILES string of the molecule is CC(C)(C#C[C@@](O)(c1ccc2ccccc2c1)C(F)(F)F)OCc1ccc(Br)cc1. The highest BCUT2D eigenvalue weighted by Gasteiger charge is 2.54. The molecule has 0 aliphatic rings. The van der Waals surface area contributed by atoms with E-state index in [0.29, 0.717) is 5.39 Å². The van der Waals surface area contributed by atoms with Crippen molar-refractivity contribution < 1.29 is 23.0 Å². The molecule has 0 saturated heterocycles. The van der Waals surface area contributed by atoms with Gasteiger partial charge in [0.15, 0.2) is 0 Å². The highest BCUT2D eigenvalue weighted by atomic mass is 79.9. The first-order valence-corrected chi connectivity index (χ1v) is 10.0. The first kappa shape index (κ1) is 22.4. The molecular formula is C24H20BrF3O2. The van der Waals surface area contributed by atoms with Gasteiger partial charge in [-0.3, -0.25) is 0 Å². The molecule has 0 spiro atoms. The average Bonchev–Trinajstić information content (AvgIpc) is 2.70. The number of alkyl halides is 3. The number of aliphatic hydroxyl groups is 1. The number of hydrogen-bond donors (Lipinski definition) is 1. The Hall–Kier alpha value is -2.33. The van der Waals surface area contributed by atoms with E-state index in [0.717, 1.165) is 15.4 Å². The lowest BCUT2D eigenvalue weighted by Crippen LogP contribution is -2.41. The molecule has 0 aliphatic carbocycles. The molecule has 0 aromatic heterocycles. The average molecular weight is 477 g/mol. The van der Waals surface area contributed by atoms with Gasteiger partial charge in [-0.1, -0.05) is 76.3 Å². The van der Waals surface area contributed by atoms with Gasteiger partial charge in [-0.05, 0) is 48.4 Å². The Morgan fingerprint density at radius 3 is 2.17 bits per heavy atom. The third-order valence-corrected chi connectivity index (χ3v) is 5.16. The molecule has 0 saturated carbocycles. The highest BCUT2D eigenvalue weighted by Crippen LogP contribution is 2.39. The summed E-state index contributed by atoms with van der Waals surface area (Å²) in [6, 6.07) is 18.5. The molecule has 1 atom stereocenters. The van der Waals surface area contributed by atoms with Crippen LogP contribution in [0.2, 0.25) is 0 Å². The van der Waals surface area contributed by atoms with E-state index in [9.17, 15) is 18.3 Å². The quantitative estimate of drug-likeness (QED) is 0.444. The maximum Gasteiger partial charge on any atom is 0.433 e. The molecule has 0 amide bonds. The van der Waals surface area contributed by atoms with Crippen LogP contribution in [-0.2, 0) is 16.9 Å². The molecule has 3 rings (SSSR count). The number of benzene rings is 3. The molecule has 1 N–H and O–H groups in total. The van der Waals surface area contributed by atoms with E-state index in [1.807, 2.05) is 24.3 Å². The molecule has 156 valence electrons. The Balaban J connectivity index is 1.90. The van der Waals surface area contributed by atoms with Gasteiger partial charge < -0.3 is 9.84 Å².